The molecule has 1 aromatic rings. The van der Waals surface area contributed by atoms with Crippen molar-refractivity contribution in [1.82, 2.24) is 4.72 Å². The highest BCUT2D eigenvalue weighted by atomic mass is 32.2. The Hall–Kier alpha value is -1.60. The Balaban J connectivity index is 3.17. The van der Waals surface area contributed by atoms with Crippen molar-refractivity contribution in [2.24, 2.45) is 0 Å². The number of anilines is 1. The molecule has 0 saturated carbocycles. The van der Waals surface area contributed by atoms with Crippen LogP contribution in [0.3, 0.4) is 0 Å². The highest BCUT2D eigenvalue weighted by Gasteiger charge is 2.21. The number of carboxylic acids is 1. The van der Waals surface area contributed by atoms with E-state index < -0.39 is 16.0 Å². The van der Waals surface area contributed by atoms with Gasteiger partial charge in [0.05, 0.1) is 11.3 Å². The summed E-state index contributed by atoms with van der Waals surface area (Å²) < 4.78 is 27.5. The number of hydrogen-bond acceptors (Lipinski definition) is 4. The quantitative estimate of drug-likeness (QED) is 0.568. The summed E-state index contributed by atoms with van der Waals surface area (Å²) in [6.07, 6.45) is 3.46. The largest absolute Gasteiger partial charge is 0.478 e. The van der Waals surface area contributed by atoms with Gasteiger partial charge in [0.2, 0.25) is 10.0 Å². The van der Waals surface area contributed by atoms with Crippen LogP contribution in [-0.4, -0.2) is 32.1 Å². The van der Waals surface area contributed by atoms with E-state index in [1.54, 1.807) is 0 Å². The Morgan fingerprint density at radius 3 is 2.52 bits per heavy atom. The first kappa shape index (κ1) is 19.4. The van der Waals surface area contributed by atoms with Crippen LogP contribution >= 0.6 is 0 Å². The molecule has 0 amide bonds. The summed E-state index contributed by atoms with van der Waals surface area (Å²) in [5, 5.41) is 12.3. The number of benzene rings is 1. The first-order valence-corrected chi connectivity index (χ1v) is 9.43. The average Bonchev–Trinajstić information content (AvgIpc) is 2.47. The van der Waals surface area contributed by atoms with Crippen molar-refractivity contribution in [2.45, 2.75) is 57.4 Å². The summed E-state index contributed by atoms with van der Waals surface area (Å²) in [7, 11) is -3.76. The van der Waals surface area contributed by atoms with Crippen LogP contribution in [0.2, 0.25) is 0 Å². The van der Waals surface area contributed by atoms with E-state index in [0.717, 1.165) is 25.7 Å². The van der Waals surface area contributed by atoms with E-state index in [1.807, 2.05) is 13.8 Å². The van der Waals surface area contributed by atoms with Crippen LogP contribution < -0.4 is 10.0 Å². The van der Waals surface area contributed by atoms with Gasteiger partial charge in [-0.25, -0.2) is 17.9 Å². The van der Waals surface area contributed by atoms with Crippen LogP contribution in [0.15, 0.2) is 23.1 Å². The van der Waals surface area contributed by atoms with E-state index in [4.69, 9.17) is 5.11 Å². The number of sulfonamides is 1. The van der Waals surface area contributed by atoms with E-state index in [2.05, 4.69) is 17.0 Å². The lowest BCUT2D eigenvalue weighted by Crippen LogP contribution is -2.27. The Bertz CT molecular complexity index is 629. The summed E-state index contributed by atoms with van der Waals surface area (Å²) in [4.78, 5) is 11.1. The minimum Gasteiger partial charge on any atom is -0.478 e. The second-order valence-electron chi connectivity index (χ2n) is 5.60. The van der Waals surface area contributed by atoms with Crippen LogP contribution in [0.4, 0.5) is 5.69 Å². The molecule has 0 fully saturated rings. The maximum atomic E-state index is 12.5. The monoisotopic (exact) mass is 342 g/mol. The molecule has 3 N–H and O–H groups in total. The molecule has 1 aromatic carbocycles. The standard InChI is InChI=1S/C16H26N2O4S/c1-4-6-10-17-23(21,22)15-11-13(16(19)20)8-9-14(15)18-12(3)7-5-2/h8-9,11-12,17-18H,4-7,10H2,1-3H3,(H,19,20)/t12-/m1/s1. The maximum absolute atomic E-state index is 12.5. The zero-order valence-electron chi connectivity index (χ0n) is 13.9. The molecule has 1 atom stereocenters. The van der Waals surface area contributed by atoms with Crippen LogP contribution in [0.5, 0.6) is 0 Å². The molecule has 0 heterocycles. The van der Waals surface area contributed by atoms with Gasteiger partial charge in [-0.1, -0.05) is 26.7 Å². The minimum atomic E-state index is -3.76. The fourth-order valence-corrected chi connectivity index (χ4v) is 3.50. The Morgan fingerprint density at radius 1 is 1.26 bits per heavy atom. The van der Waals surface area contributed by atoms with E-state index in [0.29, 0.717) is 12.2 Å². The van der Waals surface area contributed by atoms with E-state index >= 15 is 0 Å². The third kappa shape index (κ3) is 5.84. The third-order valence-electron chi connectivity index (χ3n) is 3.46. The lowest BCUT2D eigenvalue weighted by atomic mass is 10.1. The van der Waals surface area contributed by atoms with Crippen molar-refractivity contribution in [1.29, 1.82) is 0 Å². The molecule has 7 heteroatoms. The maximum Gasteiger partial charge on any atom is 0.335 e. The highest BCUT2D eigenvalue weighted by Crippen LogP contribution is 2.24. The molecule has 1 rings (SSSR count). The van der Waals surface area contributed by atoms with Gasteiger partial charge >= 0.3 is 5.97 Å². The summed E-state index contributed by atoms with van der Waals surface area (Å²) >= 11 is 0. The number of carbonyl (C=O) groups is 1. The van der Waals surface area contributed by atoms with Gasteiger partial charge in [-0.15, -0.1) is 0 Å². The van der Waals surface area contributed by atoms with Gasteiger partial charge < -0.3 is 10.4 Å². The molecule has 0 radical (unpaired) electrons. The number of hydrogen-bond donors (Lipinski definition) is 3. The van der Waals surface area contributed by atoms with Gasteiger partial charge in [-0.3, -0.25) is 0 Å². The van der Waals surface area contributed by atoms with E-state index in [1.165, 1.54) is 18.2 Å². The van der Waals surface area contributed by atoms with Crippen molar-refractivity contribution in [3.63, 3.8) is 0 Å². The molecule has 0 aliphatic carbocycles. The Labute approximate surface area is 138 Å². The zero-order valence-corrected chi connectivity index (χ0v) is 14.7. The number of carboxylic acid groups (broad SMARTS) is 1. The van der Waals surface area contributed by atoms with Gasteiger partial charge in [0, 0.05) is 12.6 Å². The van der Waals surface area contributed by atoms with Crippen LogP contribution in [0.25, 0.3) is 0 Å². The normalized spacial score (nSPS) is 12.8. The fourth-order valence-electron chi connectivity index (χ4n) is 2.23. The lowest BCUT2D eigenvalue weighted by molar-refractivity contribution is 0.0696. The summed E-state index contributed by atoms with van der Waals surface area (Å²) in [6, 6.07) is 4.23. The van der Waals surface area contributed by atoms with Gasteiger partial charge in [-0.2, -0.15) is 0 Å². The lowest BCUT2D eigenvalue weighted by Gasteiger charge is -2.18. The molecular weight excluding hydrogens is 316 g/mol. The summed E-state index contributed by atoms with van der Waals surface area (Å²) in [5.74, 6) is -1.15. The summed E-state index contributed by atoms with van der Waals surface area (Å²) in [5.41, 5.74) is 0.384. The van der Waals surface area contributed by atoms with Crippen molar-refractivity contribution in [3.05, 3.63) is 23.8 Å². The third-order valence-corrected chi connectivity index (χ3v) is 4.97. The SMILES string of the molecule is CCCCNS(=O)(=O)c1cc(C(=O)O)ccc1N[C@H](C)CCC. The molecule has 0 aliphatic heterocycles. The molecule has 0 spiro atoms. The smallest absolute Gasteiger partial charge is 0.335 e. The average molecular weight is 342 g/mol. The van der Waals surface area contributed by atoms with Gasteiger partial charge in [0.1, 0.15) is 4.90 Å². The topological polar surface area (TPSA) is 95.5 Å². The second-order valence-corrected chi connectivity index (χ2v) is 7.34. The fraction of sp³-hybridized carbons (Fsp3) is 0.562. The van der Waals surface area contributed by atoms with Crippen molar-refractivity contribution < 1.29 is 18.3 Å². The number of nitrogens with one attached hydrogen (secondary N) is 2. The molecule has 0 unspecified atom stereocenters. The minimum absolute atomic E-state index is 0.0172. The predicted molar refractivity (Wildman–Crippen MR) is 91.5 cm³/mol. The molecule has 0 saturated heterocycles. The first-order valence-electron chi connectivity index (χ1n) is 7.95. The van der Waals surface area contributed by atoms with E-state index in [9.17, 15) is 13.2 Å². The van der Waals surface area contributed by atoms with Gasteiger partial charge in [0.15, 0.2) is 0 Å². The molecule has 0 bridgehead atoms. The number of rotatable bonds is 10. The first-order chi connectivity index (χ1) is 10.8. The van der Waals surface area contributed by atoms with Crippen LogP contribution in [0.1, 0.15) is 56.8 Å². The molecule has 0 aromatic heterocycles. The highest BCUT2D eigenvalue weighted by molar-refractivity contribution is 7.89. The molecule has 130 valence electrons. The Morgan fingerprint density at radius 2 is 1.96 bits per heavy atom. The van der Waals surface area contributed by atoms with Crippen molar-refractivity contribution in [3.8, 4) is 0 Å². The van der Waals surface area contributed by atoms with Crippen LogP contribution in [-0.2, 0) is 10.0 Å². The van der Waals surface area contributed by atoms with Crippen molar-refractivity contribution >= 4 is 21.7 Å². The van der Waals surface area contributed by atoms with E-state index in [-0.39, 0.29) is 16.5 Å². The predicted octanol–water partition coefficient (Wildman–Crippen LogP) is 3.06. The molecule has 6 nitrogen and oxygen atoms in total. The Kier molecular flexibility index (Phi) is 7.51. The van der Waals surface area contributed by atoms with Gasteiger partial charge in [-0.05, 0) is 38.0 Å². The summed E-state index contributed by atoms with van der Waals surface area (Å²) in [6.45, 7) is 6.32. The molecular formula is C16H26N2O4S. The molecule has 0 aliphatic rings. The van der Waals surface area contributed by atoms with Crippen LogP contribution in [0, 0.1) is 0 Å². The number of unbranched alkanes of at least 4 members (excludes halogenated alkanes) is 1. The number of aromatic carboxylic acids is 1. The zero-order chi connectivity index (χ0) is 17.5. The van der Waals surface area contributed by atoms with Crippen molar-refractivity contribution in [2.75, 3.05) is 11.9 Å². The van der Waals surface area contributed by atoms with Gasteiger partial charge in [0.25, 0.3) is 0 Å². The second kappa shape index (κ2) is 8.88. The molecule has 23 heavy (non-hydrogen) atoms.